The van der Waals surface area contributed by atoms with Crippen molar-refractivity contribution in [3.05, 3.63) is 75.6 Å². The fourth-order valence-electron chi connectivity index (χ4n) is 2.50. The van der Waals surface area contributed by atoms with Crippen LogP contribution in [-0.4, -0.2) is 18.7 Å². The maximum Gasteiger partial charge on any atom is 0.271 e. The van der Waals surface area contributed by atoms with Crippen LogP contribution in [0.4, 0.5) is 0 Å². The van der Waals surface area contributed by atoms with E-state index in [0.29, 0.717) is 28.9 Å². The van der Waals surface area contributed by atoms with Crippen molar-refractivity contribution < 1.29 is 13.9 Å². The maximum absolute atomic E-state index is 12.5. The van der Waals surface area contributed by atoms with E-state index in [1.165, 1.54) is 12.5 Å². The van der Waals surface area contributed by atoms with E-state index in [1.807, 2.05) is 19.9 Å². The van der Waals surface area contributed by atoms with Crippen molar-refractivity contribution >= 4 is 23.1 Å². The molecule has 1 amide bonds. The summed E-state index contributed by atoms with van der Waals surface area (Å²) in [6.45, 7) is 4.55. The van der Waals surface area contributed by atoms with E-state index >= 15 is 0 Å². The molecule has 2 aromatic carbocycles. The molecule has 0 radical (unpaired) electrons. The van der Waals surface area contributed by atoms with Gasteiger partial charge >= 0.3 is 0 Å². The van der Waals surface area contributed by atoms with Gasteiger partial charge in [0.05, 0.1) is 23.8 Å². The average molecular weight is 364 g/mol. The van der Waals surface area contributed by atoms with E-state index < -0.39 is 0 Å². The highest BCUT2D eigenvalue weighted by Gasteiger charge is 2.07. The summed E-state index contributed by atoms with van der Waals surface area (Å²) >= 11 is 0. The molecule has 1 aromatic heterocycles. The number of aryl methyl sites for hydroxylation is 1. The predicted molar refractivity (Wildman–Crippen MR) is 105 cm³/mol. The molecule has 0 saturated heterocycles. The first-order valence-corrected chi connectivity index (χ1v) is 8.67. The van der Waals surface area contributed by atoms with E-state index in [-0.39, 0.29) is 16.9 Å². The first-order valence-electron chi connectivity index (χ1n) is 8.67. The molecule has 0 fully saturated rings. The Labute approximate surface area is 156 Å². The van der Waals surface area contributed by atoms with Gasteiger partial charge in [-0.1, -0.05) is 18.6 Å². The van der Waals surface area contributed by atoms with Crippen LogP contribution in [-0.2, 0) is 0 Å². The average Bonchev–Trinajstić information content (AvgIpc) is 2.69. The number of nitrogens with one attached hydrogen (secondary N) is 1. The van der Waals surface area contributed by atoms with Crippen LogP contribution in [0, 0.1) is 6.92 Å². The Kier molecular flexibility index (Phi) is 5.66. The molecule has 1 N–H and O–H groups in total. The number of carbonyl (C=O) groups excluding carboxylic acids is 1. The van der Waals surface area contributed by atoms with Gasteiger partial charge in [-0.2, -0.15) is 5.10 Å². The van der Waals surface area contributed by atoms with Crippen molar-refractivity contribution in [2.75, 3.05) is 6.61 Å². The molecule has 138 valence electrons. The molecule has 0 aliphatic rings. The Hall–Kier alpha value is -3.41. The van der Waals surface area contributed by atoms with Gasteiger partial charge in [0, 0.05) is 5.56 Å². The van der Waals surface area contributed by atoms with E-state index in [0.717, 1.165) is 12.0 Å². The molecule has 6 nitrogen and oxygen atoms in total. The van der Waals surface area contributed by atoms with Crippen LogP contribution in [0.3, 0.4) is 0 Å². The SMILES string of the molecule is CCCOc1ccc(C(=O)NN=Cc2coc3ccc(C)cc3c2=O)cc1. The highest BCUT2D eigenvalue weighted by Crippen LogP contribution is 2.13. The smallest absolute Gasteiger partial charge is 0.271 e. The first kappa shape index (κ1) is 18.4. The van der Waals surface area contributed by atoms with Gasteiger partial charge in [-0.15, -0.1) is 0 Å². The van der Waals surface area contributed by atoms with Crippen LogP contribution >= 0.6 is 0 Å². The number of rotatable bonds is 6. The Morgan fingerprint density at radius 1 is 1.22 bits per heavy atom. The van der Waals surface area contributed by atoms with Gasteiger partial charge in [-0.05, 0) is 49.7 Å². The van der Waals surface area contributed by atoms with Crippen LogP contribution in [0.1, 0.15) is 34.8 Å². The van der Waals surface area contributed by atoms with Gasteiger partial charge in [0.2, 0.25) is 5.43 Å². The molecule has 3 aromatic rings. The minimum Gasteiger partial charge on any atom is -0.494 e. The number of ether oxygens (including phenoxy) is 1. The van der Waals surface area contributed by atoms with Gasteiger partial charge in [0.25, 0.3) is 5.91 Å². The zero-order valence-corrected chi connectivity index (χ0v) is 15.2. The Balaban J connectivity index is 1.70. The topological polar surface area (TPSA) is 80.9 Å². The Bertz CT molecular complexity index is 1040. The van der Waals surface area contributed by atoms with Gasteiger partial charge < -0.3 is 9.15 Å². The van der Waals surface area contributed by atoms with Crippen molar-refractivity contribution in [1.82, 2.24) is 5.43 Å². The largest absolute Gasteiger partial charge is 0.494 e. The van der Waals surface area contributed by atoms with Crippen molar-refractivity contribution in [1.29, 1.82) is 0 Å². The van der Waals surface area contributed by atoms with E-state index in [2.05, 4.69) is 10.5 Å². The summed E-state index contributed by atoms with van der Waals surface area (Å²) in [6, 6.07) is 12.2. The van der Waals surface area contributed by atoms with E-state index in [4.69, 9.17) is 9.15 Å². The molecule has 0 aliphatic carbocycles. The standard InChI is InChI=1S/C21H20N2O4/c1-3-10-26-17-7-5-15(6-8-17)21(25)23-22-12-16-13-27-19-9-4-14(2)11-18(19)20(16)24/h4-9,11-13H,3,10H2,1-2H3,(H,23,25). The van der Waals surface area contributed by atoms with Crippen molar-refractivity contribution in [3.63, 3.8) is 0 Å². The van der Waals surface area contributed by atoms with Gasteiger partial charge in [0.1, 0.15) is 17.6 Å². The van der Waals surface area contributed by atoms with Gasteiger partial charge in [-0.3, -0.25) is 9.59 Å². The molecular formula is C21H20N2O4. The van der Waals surface area contributed by atoms with Crippen LogP contribution in [0.2, 0.25) is 0 Å². The Morgan fingerprint density at radius 3 is 2.74 bits per heavy atom. The van der Waals surface area contributed by atoms with Crippen molar-refractivity contribution in [2.45, 2.75) is 20.3 Å². The molecule has 0 bridgehead atoms. The van der Waals surface area contributed by atoms with Gasteiger partial charge in [-0.25, -0.2) is 5.43 Å². The molecule has 6 heteroatoms. The van der Waals surface area contributed by atoms with Crippen LogP contribution in [0.5, 0.6) is 5.75 Å². The molecule has 27 heavy (non-hydrogen) atoms. The molecule has 0 aliphatic heterocycles. The second-order valence-electron chi connectivity index (χ2n) is 6.09. The highest BCUT2D eigenvalue weighted by atomic mass is 16.5. The summed E-state index contributed by atoms with van der Waals surface area (Å²) in [4.78, 5) is 24.6. The van der Waals surface area contributed by atoms with Crippen LogP contribution in [0.15, 0.2) is 63.0 Å². The van der Waals surface area contributed by atoms with E-state index in [9.17, 15) is 9.59 Å². The highest BCUT2D eigenvalue weighted by molar-refractivity contribution is 5.95. The summed E-state index contributed by atoms with van der Waals surface area (Å²) in [5.74, 6) is 0.329. The molecule has 0 saturated carbocycles. The third-order valence-corrected chi connectivity index (χ3v) is 3.91. The minimum atomic E-state index is -0.380. The van der Waals surface area contributed by atoms with Crippen LogP contribution < -0.4 is 15.6 Å². The first-order chi connectivity index (χ1) is 13.1. The lowest BCUT2D eigenvalue weighted by Crippen LogP contribution is -2.18. The fourth-order valence-corrected chi connectivity index (χ4v) is 2.50. The normalized spacial score (nSPS) is 11.0. The molecule has 3 rings (SSSR count). The lowest BCUT2D eigenvalue weighted by Gasteiger charge is -2.05. The molecular weight excluding hydrogens is 344 g/mol. The van der Waals surface area contributed by atoms with Crippen molar-refractivity contribution in [3.8, 4) is 5.75 Å². The van der Waals surface area contributed by atoms with Crippen molar-refractivity contribution in [2.24, 2.45) is 5.10 Å². The zero-order valence-electron chi connectivity index (χ0n) is 15.2. The lowest BCUT2D eigenvalue weighted by molar-refractivity contribution is 0.0955. The van der Waals surface area contributed by atoms with Gasteiger partial charge in [0.15, 0.2) is 0 Å². The third kappa shape index (κ3) is 4.41. The zero-order chi connectivity index (χ0) is 19.2. The fraction of sp³-hybridized carbons (Fsp3) is 0.190. The second kappa shape index (κ2) is 8.31. The molecule has 0 unspecified atom stereocenters. The Morgan fingerprint density at radius 2 is 2.00 bits per heavy atom. The summed E-state index contributed by atoms with van der Waals surface area (Å²) in [7, 11) is 0. The summed E-state index contributed by atoms with van der Waals surface area (Å²) in [5.41, 5.74) is 4.38. The van der Waals surface area contributed by atoms with Crippen LogP contribution in [0.25, 0.3) is 11.0 Å². The molecule has 0 atom stereocenters. The number of amides is 1. The molecule has 1 heterocycles. The number of hydrogen-bond acceptors (Lipinski definition) is 5. The maximum atomic E-state index is 12.5. The number of nitrogens with zero attached hydrogens (tertiary/aromatic N) is 1. The van der Waals surface area contributed by atoms with E-state index in [1.54, 1.807) is 36.4 Å². The second-order valence-corrected chi connectivity index (χ2v) is 6.09. The minimum absolute atomic E-state index is 0.199. The quantitative estimate of drug-likeness (QED) is 0.535. The third-order valence-electron chi connectivity index (χ3n) is 3.91. The number of fused-ring (bicyclic) bond motifs is 1. The molecule has 0 spiro atoms. The summed E-state index contributed by atoms with van der Waals surface area (Å²) < 4.78 is 10.9. The summed E-state index contributed by atoms with van der Waals surface area (Å²) in [5, 5.41) is 4.34. The number of hydrogen-bond donors (Lipinski definition) is 1. The number of carbonyl (C=O) groups is 1. The summed E-state index contributed by atoms with van der Waals surface area (Å²) in [6.07, 6.45) is 3.53. The number of benzene rings is 2. The lowest BCUT2D eigenvalue weighted by atomic mass is 10.1. The monoisotopic (exact) mass is 364 g/mol. The number of hydrazone groups is 1. The predicted octanol–water partition coefficient (Wildman–Crippen LogP) is 3.65.